The first-order chi connectivity index (χ1) is 7.45. The van der Waals surface area contributed by atoms with Crippen molar-refractivity contribution in [2.45, 2.75) is 32.0 Å². The molecule has 0 amide bonds. The maximum absolute atomic E-state index is 5.58. The third-order valence-electron chi connectivity index (χ3n) is 2.58. The molecule has 0 unspecified atom stereocenters. The molecule has 0 aromatic heterocycles. The fraction of sp³-hybridized carbons (Fsp3) is 0.538. The lowest BCUT2D eigenvalue weighted by Gasteiger charge is -2.03. The number of rotatable bonds is 7. The van der Waals surface area contributed by atoms with E-state index in [2.05, 4.69) is 12.1 Å². The first kappa shape index (κ1) is 10.7. The lowest BCUT2D eigenvalue weighted by atomic mass is 10.2. The van der Waals surface area contributed by atoms with Gasteiger partial charge in [-0.2, -0.15) is 0 Å². The van der Waals surface area contributed by atoms with E-state index in [9.17, 15) is 0 Å². The molecule has 1 aromatic carbocycles. The van der Waals surface area contributed by atoms with Crippen molar-refractivity contribution in [2.75, 3.05) is 13.2 Å². The summed E-state index contributed by atoms with van der Waals surface area (Å²) in [7, 11) is 0. The number of epoxide rings is 1. The molecule has 2 heteroatoms. The van der Waals surface area contributed by atoms with E-state index in [1.165, 1.54) is 18.4 Å². The molecule has 1 aliphatic heterocycles. The van der Waals surface area contributed by atoms with Crippen LogP contribution in [0, 0.1) is 0 Å². The van der Waals surface area contributed by atoms with Crippen LogP contribution in [-0.4, -0.2) is 19.3 Å². The molecule has 82 valence electrons. The molecular weight excluding hydrogens is 188 g/mol. The van der Waals surface area contributed by atoms with E-state index in [1.54, 1.807) is 0 Å². The van der Waals surface area contributed by atoms with Gasteiger partial charge in [0.05, 0.1) is 19.3 Å². The van der Waals surface area contributed by atoms with Crippen LogP contribution in [0.1, 0.15) is 24.8 Å². The monoisotopic (exact) mass is 206 g/mol. The standard InChI is InChI=1S/C13H18O2/c1-2-6-12(7-3-1)10-14-9-5-4-8-13-11-15-13/h1-3,6-7,13H,4-5,8-11H2/t13-/m0/s1. The van der Waals surface area contributed by atoms with Crippen LogP contribution in [0.25, 0.3) is 0 Å². The molecule has 0 radical (unpaired) electrons. The lowest BCUT2D eigenvalue weighted by Crippen LogP contribution is -1.96. The van der Waals surface area contributed by atoms with Crippen LogP contribution in [0.4, 0.5) is 0 Å². The topological polar surface area (TPSA) is 21.8 Å². The van der Waals surface area contributed by atoms with Crippen LogP contribution in [-0.2, 0) is 16.1 Å². The minimum Gasteiger partial charge on any atom is -0.377 e. The predicted octanol–water partition coefficient (Wildman–Crippen LogP) is 2.77. The highest BCUT2D eigenvalue weighted by Crippen LogP contribution is 2.16. The fourth-order valence-corrected chi connectivity index (χ4v) is 1.58. The molecular formula is C13H18O2. The van der Waals surface area contributed by atoms with Crippen molar-refractivity contribution in [2.24, 2.45) is 0 Å². The van der Waals surface area contributed by atoms with E-state index in [0.29, 0.717) is 6.10 Å². The van der Waals surface area contributed by atoms with E-state index < -0.39 is 0 Å². The van der Waals surface area contributed by atoms with E-state index in [1.807, 2.05) is 18.2 Å². The third-order valence-corrected chi connectivity index (χ3v) is 2.58. The van der Waals surface area contributed by atoms with Gasteiger partial charge in [-0.05, 0) is 24.8 Å². The molecule has 1 fully saturated rings. The maximum atomic E-state index is 5.58. The summed E-state index contributed by atoms with van der Waals surface area (Å²) in [5.41, 5.74) is 1.25. The lowest BCUT2D eigenvalue weighted by molar-refractivity contribution is 0.116. The molecule has 0 bridgehead atoms. The van der Waals surface area contributed by atoms with Crippen molar-refractivity contribution < 1.29 is 9.47 Å². The summed E-state index contributed by atoms with van der Waals surface area (Å²) in [6.07, 6.45) is 4.14. The van der Waals surface area contributed by atoms with E-state index in [0.717, 1.165) is 26.2 Å². The SMILES string of the molecule is c1ccc(COCCCC[C@H]2CO2)cc1. The summed E-state index contributed by atoms with van der Waals surface area (Å²) in [5.74, 6) is 0. The van der Waals surface area contributed by atoms with Crippen molar-refractivity contribution in [1.29, 1.82) is 0 Å². The summed E-state index contributed by atoms with van der Waals surface area (Å²) in [5, 5.41) is 0. The van der Waals surface area contributed by atoms with Gasteiger partial charge in [-0.3, -0.25) is 0 Å². The number of benzene rings is 1. The van der Waals surface area contributed by atoms with Crippen LogP contribution >= 0.6 is 0 Å². The first-order valence-corrected chi connectivity index (χ1v) is 5.68. The zero-order chi connectivity index (χ0) is 10.3. The molecule has 0 saturated carbocycles. The van der Waals surface area contributed by atoms with Crippen LogP contribution in [0.5, 0.6) is 0 Å². The average molecular weight is 206 g/mol. The highest BCUT2D eigenvalue weighted by molar-refractivity contribution is 5.13. The fourth-order valence-electron chi connectivity index (χ4n) is 1.58. The quantitative estimate of drug-likeness (QED) is 0.505. The Morgan fingerprint density at radius 2 is 2.00 bits per heavy atom. The number of hydrogen-bond acceptors (Lipinski definition) is 2. The molecule has 15 heavy (non-hydrogen) atoms. The minimum absolute atomic E-state index is 0.569. The average Bonchev–Trinajstić information content (AvgIpc) is 3.09. The van der Waals surface area contributed by atoms with Gasteiger partial charge in [-0.15, -0.1) is 0 Å². The normalized spacial score (nSPS) is 19.1. The van der Waals surface area contributed by atoms with Gasteiger partial charge in [0.1, 0.15) is 0 Å². The van der Waals surface area contributed by atoms with Gasteiger partial charge >= 0.3 is 0 Å². The van der Waals surface area contributed by atoms with Gasteiger partial charge in [-0.25, -0.2) is 0 Å². The Labute approximate surface area is 91.2 Å². The van der Waals surface area contributed by atoms with Crippen LogP contribution in [0.15, 0.2) is 30.3 Å². The number of unbranched alkanes of at least 4 members (excludes halogenated alkanes) is 1. The Bertz CT molecular complexity index is 267. The van der Waals surface area contributed by atoms with Crippen molar-refractivity contribution in [1.82, 2.24) is 0 Å². The summed E-state index contributed by atoms with van der Waals surface area (Å²) in [4.78, 5) is 0. The van der Waals surface area contributed by atoms with Crippen LogP contribution in [0.2, 0.25) is 0 Å². The molecule has 1 aromatic rings. The second-order valence-corrected chi connectivity index (χ2v) is 3.99. The Kier molecular flexibility index (Phi) is 4.18. The third kappa shape index (κ3) is 4.45. The molecule has 1 saturated heterocycles. The molecule has 2 nitrogen and oxygen atoms in total. The second kappa shape index (κ2) is 5.89. The largest absolute Gasteiger partial charge is 0.377 e. The Balaban J connectivity index is 1.47. The second-order valence-electron chi connectivity index (χ2n) is 3.99. The molecule has 0 aliphatic carbocycles. The van der Waals surface area contributed by atoms with Gasteiger partial charge < -0.3 is 9.47 Å². The molecule has 0 N–H and O–H groups in total. The summed E-state index contributed by atoms with van der Waals surface area (Å²) in [6.45, 7) is 2.58. The van der Waals surface area contributed by atoms with Crippen LogP contribution < -0.4 is 0 Å². The summed E-state index contributed by atoms with van der Waals surface area (Å²) in [6, 6.07) is 10.3. The van der Waals surface area contributed by atoms with E-state index in [4.69, 9.17) is 9.47 Å². The Hall–Kier alpha value is -0.860. The zero-order valence-electron chi connectivity index (χ0n) is 9.02. The van der Waals surface area contributed by atoms with Gasteiger partial charge in [-0.1, -0.05) is 30.3 Å². The molecule has 1 aliphatic rings. The summed E-state index contributed by atoms with van der Waals surface area (Å²) >= 11 is 0. The van der Waals surface area contributed by atoms with Crippen molar-refractivity contribution >= 4 is 0 Å². The first-order valence-electron chi connectivity index (χ1n) is 5.68. The van der Waals surface area contributed by atoms with E-state index in [-0.39, 0.29) is 0 Å². The highest BCUT2D eigenvalue weighted by atomic mass is 16.6. The van der Waals surface area contributed by atoms with Gasteiger partial charge in [0.2, 0.25) is 0 Å². The van der Waals surface area contributed by atoms with Gasteiger partial charge in [0, 0.05) is 6.61 Å². The van der Waals surface area contributed by atoms with Gasteiger partial charge in [0.25, 0.3) is 0 Å². The molecule has 2 rings (SSSR count). The van der Waals surface area contributed by atoms with Crippen molar-refractivity contribution in [3.05, 3.63) is 35.9 Å². The predicted molar refractivity (Wildman–Crippen MR) is 59.7 cm³/mol. The molecule has 1 heterocycles. The van der Waals surface area contributed by atoms with E-state index >= 15 is 0 Å². The zero-order valence-corrected chi connectivity index (χ0v) is 9.02. The van der Waals surface area contributed by atoms with Crippen molar-refractivity contribution in [3.63, 3.8) is 0 Å². The Morgan fingerprint density at radius 1 is 1.20 bits per heavy atom. The van der Waals surface area contributed by atoms with Crippen molar-refractivity contribution in [3.8, 4) is 0 Å². The molecule has 0 spiro atoms. The van der Waals surface area contributed by atoms with Crippen LogP contribution in [0.3, 0.4) is 0 Å². The summed E-state index contributed by atoms with van der Waals surface area (Å²) < 4.78 is 10.7. The number of hydrogen-bond donors (Lipinski definition) is 0. The van der Waals surface area contributed by atoms with Gasteiger partial charge in [0.15, 0.2) is 0 Å². The molecule has 1 atom stereocenters. The maximum Gasteiger partial charge on any atom is 0.0810 e. The minimum atomic E-state index is 0.569. The highest BCUT2D eigenvalue weighted by Gasteiger charge is 2.20. The Morgan fingerprint density at radius 3 is 2.73 bits per heavy atom. The number of ether oxygens (including phenoxy) is 2. The smallest absolute Gasteiger partial charge is 0.0810 e.